The normalized spacial score (nSPS) is 13.5. The van der Waals surface area contributed by atoms with Crippen molar-refractivity contribution in [3.05, 3.63) is 29.3 Å². The minimum absolute atomic E-state index is 0.111. The molecule has 0 aliphatic heterocycles. The Balaban J connectivity index is 2.63. The molecule has 0 radical (unpaired) electrons. The van der Waals surface area contributed by atoms with Gasteiger partial charge in [0.05, 0.1) is 5.75 Å². The van der Waals surface area contributed by atoms with Crippen LogP contribution in [-0.4, -0.2) is 26.5 Å². The van der Waals surface area contributed by atoms with E-state index < -0.39 is 9.84 Å². The Morgan fingerprint density at radius 3 is 2.67 bits per heavy atom. The van der Waals surface area contributed by atoms with Crippen LogP contribution in [0.4, 0.5) is 5.69 Å². The maximum Gasteiger partial charge on any atom is 0.149 e. The third kappa shape index (κ3) is 5.04. The van der Waals surface area contributed by atoms with E-state index in [1.54, 1.807) is 12.1 Å². The van der Waals surface area contributed by atoms with E-state index in [0.29, 0.717) is 5.02 Å². The van der Waals surface area contributed by atoms with Crippen LogP contribution in [0.1, 0.15) is 6.92 Å². The van der Waals surface area contributed by atoms with E-state index in [1.807, 2.05) is 19.1 Å². The van der Waals surface area contributed by atoms with Gasteiger partial charge >= 0.3 is 0 Å². The van der Waals surface area contributed by atoms with Gasteiger partial charge in [0, 0.05) is 23.0 Å². The molecule has 0 aliphatic rings. The molecule has 0 heterocycles. The lowest BCUT2D eigenvalue weighted by Crippen LogP contribution is -2.24. The maximum atomic E-state index is 11.0. The zero-order valence-electron chi connectivity index (χ0n) is 8.70. The summed E-state index contributed by atoms with van der Waals surface area (Å²) in [6, 6.07) is 7.08. The second kappa shape index (κ2) is 4.86. The lowest BCUT2D eigenvalue weighted by Gasteiger charge is -2.14. The number of hydrogen-bond donors (Lipinski definition) is 1. The smallest absolute Gasteiger partial charge is 0.149 e. The summed E-state index contributed by atoms with van der Waals surface area (Å²) in [4.78, 5) is 0. The minimum Gasteiger partial charge on any atom is -0.382 e. The average molecular weight is 248 g/mol. The first-order valence-electron chi connectivity index (χ1n) is 4.56. The van der Waals surface area contributed by atoms with Gasteiger partial charge in [0.2, 0.25) is 0 Å². The molecule has 3 nitrogen and oxygen atoms in total. The van der Waals surface area contributed by atoms with Crippen molar-refractivity contribution in [1.82, 2.24) is 0 Å². The van der Waals surface area contributed by atoms with Crippen molar-refractivity contribution >= 4 is 27.1 Å². The molecule has 1 rings (SSSR count). The highest BCUT2D eigenvalue weighted by Gasteiger charge is 2.09. The van der Waals surface area contributed by atoms with E-state index in [4.69, 9.17) is 11.6 Å². The van der Waals surface area contributed by atoms with E-state index in [0.717, 1.165) is 5.69 Å². The zero-order chi connectivity index (χ0) is 11.5. The molecule has 15 heavy (non-hydrogen) atoms. The van der Waals surface area contributed by atoms with Gasteiger partial charge in [-0.25, -0.2) is 8.42 Å². The van der Waals surface area contributed by atoms with Gasteiger partial charge in [0.25, 0.3) is 0 Å². The van der Waals surface area contributed by atoms with Crippen LogP contribution in [0, 0.1) is 0 Å². The number of rotatable bonds is 4. The summed E-state index contributed by atoms with van der Waals surface area (Å²) in [5, 5.41) is 3.71. The molecule has 0 aromatic heterocycles. The first-order chi connectivity index (χ1) is 6.87. The van der Waals surface area contributed by atoms with Gasteiger partial charge in [-0.1, -0.05) is 17.7 Å². The number of hydrogen-bond acceptors (Lipinski definition) is 3. The molecule has 1 aromatic rings. The van der Waals surface area contributed by atoms with Crippen molar-refractivity contribution in [2.45, 2.75) is 13.0 Å². The average Bonchev–Trinajstić information content (AvgIpc) is 1.99. The third-order valence-corrected chi connectivity index (χ3v) is 3.13. The summed E-state index contributed by atoms with van der Waals surface area (Å²) in [7, 11) is -2.95. The van der Waals surface area contributed by atoms with Crippen molar-refractivity contribution in [2.24, 2.45) is 0 Å². The fourth-order valence-electron chi connectivity index (χ4n) is 1.36. The van der Waals surface area contributed by atoms with Gasteiger partial charge in [-0.3, -0.25) is 0 Å². The Hall–Kier alpha value is -0.740. The summed E-state index contributed by atoms with van der Waals surface area (Å²) < 4.78 is 22.1. The Labute approximate surface area is 95.4 Å². The van der Waals surface area contributed by atoms with Crippen LogP contribution >= 0.6 is 11.6 Å². The quantitative estimate of drug-likeness (QED) is 0.887. The predicted octanol–water partition coefficient (Wildman–Crippen LogP) is 2.18. The molecule has 1 N–H and O–H groups in total. The Morgan fingerprint density at radius 2 is 2.13 bits per heavy atom. The SMILES string of the molecule is CC(CS(C)(=O)=O)Nc1cccc(Cl)c1. The minimum atomic E-state index is -2.95. The fourth-order valence-corrected chi connectivity index (χ4v) is 2.54. The molecule has 1 atom stereocenters. The molecule has 0 amide bonds. The first-order valence-corrected chi connectivity index (χ1v) is 7.00. The molecular formula is C10H14ClNO2S. The van der Waals surface area contributed by atoms with Crippen LogP contribution in [0.2, 0.25) is 5.02 Å². The van der Waals surface area contributed by atoms with Crippen LogP contribution in [-0.2, 0) is 9.84 Å². The summed E-state index contributed by atoms with van der Waals surface area (Å²) in [5.41, 5.74) is 0.832. The lowest BCUT2D eigenvalue weighted by atomic mass is 10.3. The molecule has 5 heteroatoms. The molecule has 0 saturated carbocycles. The molecular weight excluding hydrogens is 234 g/mol. The zero-order valence-corrected chi connectivity index (χ0v) is 10.3. The molecule has 84 valence electrons. The first kappa shape index (κ1) is 12.3. The summed E-state index contributed by atoms with van der Waals surface area (Å²) >= 11 is 5.80. The maximum absolute atomic E-state index is 11.0. The molecule has 0 bridgehead atoms. The van der Waals surface area contributed by atoms with E-state index in [2.05, 4.69) is 5.32 Å². The Kier molecular flexibility index (Phi) is 3.99. The van der Waals surface area contributed by atoms with Crippen LogP contribution in [0.5, 0.6) is 0 Å². The standard InChI is InChI=1S/C10H14ClNO2S/c1-8(7-15(2,13)14)12-10-5-3-4-9(11)6-10/h3-6,8,12H,7H2,1-2H3. The molecule has 1 unspecified atom stereocenters. The van der Waals surface area contributed by atoms with Crippen LogP contribution in [0.15, 0.2) is 24.3 Å². The number of nitrogens with one attached hydrogen (secondary N) is 1. The topological polar surface area (TPSA) is 46.2 Å². The van der Waals surface area contributed by atoms with E-state index in [1.165, 1.54) is 6.26 Å². The number of sulfone groups is 1. The third-order valence-electron chi connectivity index (χ3n) is 1.79. The Bertz CT molecular complexity index is 431. The largest absolute Gasteiger partial charge is 0.382 e. The highest BCUT2D eigenvalue weighted by molar-refractivity contribution is 7.90. The molecule has 0 aliphatic carbocycles. The van der Waals surface area contributed by atoms with E-state index in [9.17, 15) is 8.42 Å². The molecule has 0 spiro atoms. The summed E-state index contributed by atoms with van der Waals surface area (Å²) in [6.07, 6.45) is 1.23. The molecule has 0 saturated heterocycles. The molecule has 0 fully saturated rings. The van der Waals surface area contributed by atoms with Crippen molar-refractivity contribution in [1.29, 1.82) is 0 Å². The van der Waals surface area contributed by atoms with Gasteiger partial charge in [-0.2, -0.15) is 0 Å². The van der Waals surface area contributed by atoms with Crippen molar-refractivity contribution in [3.63, 3.8) is 0 Å². The predicted molar refractivity (Wildman–Crippen MR) is 64.2 cm³/mol. The number of halogens is 1. The lowest BCUT2D eigenvalue weighted by molar-refractivity contribution is 0.598. The second-order valence-electron chi connectivity index (χ2n) is 3.65. The van der Waals surface area contributed by atoms with Crippen molar-refractivity contribution in [3.8, 4) is 0 Å². The van der Waals surface area contributed by atoms with Crippen molar-refractivity contribution in [2.75, 3.05) is 17.3 Å². The Morgan fingerprint density at radius 1 is 1.47 bits per heavy atom. The highest BCUT2D eigenvalue weighted by Crippen LogP contribution is 2.15. The number of benzene rings is 1. The molecule has 1 aromatic carbocycles. The van der Waals surface area contributed by atoms with Crippen LogP contribution < -0.4 is 5.32 Å². The van der Waals surface area contributed by atoms with Gasteiger partial charge in [-0.15, -0.1) is 0 Å². The summed E-state index contributed by atoms with van der Waals surface area (Å²) in [5.74, 6) is 0.111. The van der Waals surface area contributed by atoms with E-state index in [-0.39, 0.29) is 11.8 Å². The van der Waals surface area contributed by atoms with Crippen molar-refractivity contribution < 1.29 is 8.42 Å². The van der Waals surface area contributed by atoms with E-state index >= 15 is 0 Å². The monoisotopic (exact) mass is 247 g/mol. The van der Waals surface area contributed by atoms with Crippen LogP contribution in [0.3, 0.4) is 0 Å². The second-order valence-corrected chi connectivity index (χ2v) is 6.27. The van der Waals surface area contributed by atoms with Gasteiger partial charge in [-0.05, 0) is 25.1 Å². The van der Waals surface area contributed by atoms with Crippen LogP contribution in [0.25, 0.3) is 0 Å². The fraction of sp³-hybridized carbons (Fsp3) is 0.400. The van der Waals surface area contributed by atoms with Gasteiger partial charge in [0.15, 0.2) is 0 Å². The van der Waals surface area contributed by atoms with Gasteiger partial charge in [0.1, 0.15) is 9.84 Å². The highest BCUT2D eigenvalue weighted by atomic mass is 35.5. The summed E-state index contributed by atoms with van der Waals surface area (Å²) in [6.45, 7) is 1.82. The number of anilines is 1. The van der Waals surface area contributed by atoms with Gasteiger partial charge < -0.3 is 5.32 Å².